The molecule has 1 aliphatic rings. The maximum atomic E-state index is 12.7. The molecule has 0 spiro atoms. The van der Waals surface area contributed by atoms with Gasteiger partial charge in [-0.25, -0.2) is 9.97 Å². The summed E-state index contributed by atoms with van der Waals surface area (Å²) in [7, 11) is 0. The van der Waals surface area contributed by atoms with Crippen molar-refractivity contribution < 1.29 is 4.79 Å². The van der Waals surface area contributed by atoms with Gasteiger partial charge in [-0.2, -0.15) is 0 Å². The van der Waals surface area contributed by atoms with E-state index in [0.29, 0.717) is 23.0 Å². The molecular weight excluding hydrogens is 472 g/mol. The topological polar surface area (TPSA) is 88.5 Å². The summed E-state index contributed by atoms with van der Waals surface area (Å²) < 4.78 is 2.16. The fourth-order valence-corrected chi connectivity index (χ4v) is 5.33. The number of pyridine rings is 2. The van der Waals surface area contributed by atoms with E-state index < -0.39 is 0 Å². The normalized spacial score (nSPS) is 15.9. The average molecular weight is 503 g/mol. The lowest BCUT2D eigenvalue weighted by atomic mass is 9.96. The minimum absolute atomic E-state index is 0.203. The largest absolute Gasteiger partial charge is 0.397 e. The Kier molecular flexibility index (Phi) is 6.58. The van der Waals surface area contributed by atoms with E-state index >= 15 is 0 Å². The first kappa shape index (κ1) is 23.9. The molecule has 1 unspecified atom stereocenters. The average Bonchev–Trinajstić information content (AvgIpc) is 3.35. The quantitative estimate of drug-likeness (QED) is 0.315. The second kappa shape index (κ2) is 10.5. The van der Waals surface area contributed by atoms with Gasteiger partial charge in [-0.1, -0.05) is 48.5 Å². The number of piperidine rings is 1. The number of hydrogen-bond donors (Lipinski definition) is 2. The van der Waals surface area contributed by atoms with Crippen LogP contribution in [0.3, 0.4) is 0 Å². The predicted molar refractivity (Wildman–Crippen MR) is 151 cm³/mol. The van der Waals surface area contributed by atoms with Crippen LogP contribution in [-0.4, -0.2) is 38.3 Å². The highest BCUT2D eigenvalue weighted by Crippen LogP contribution is 2.34. The van der Waals surface area contributed by atoms with E-state index in [1.807, 2.05) is 48.5 Å². The van der Waals surface area contributed by atoms with Gasteiger partial charge in [-0.15, -0.1) is 0 Å². The minimum Gasteiger partial charge on any atom is -0.397 e. The van der Waals surface area contributed by atoms with Gasteiger partial charge in [0.1, 0.15) is 11.6 Å². The summed E-state index contributed by atoms with van der Waals surface area (Å²) in [6.45, 7) is 2.98. The number of carbonyl (C=O) groups is 1. The molecule has 7 heteroatoms. The summed E-state index contributed by atoms with van der Waals surface area (Å²) in [6, 6.07) is 27.5. The molecule has 0 aliphatic carbocycles. The zero-order valence-corrected chi connectivity index (χ0v) is 21.1. The molecular formula is C31H30N6O. The maximum Gasteiger partial charge on any atom is 0.256 e. The molecule has 1 fully saturated rings. The van der Waals surface area contributed by atoms with E-state index in [-0.39, 0.29) is 5.91 Å². The van der Waals surface area contributed by atoms with Crippen molar-refractivity contribution in [2.75, 3.05) is 24.1 Å². The summed E-state index contributed by atoms with van der Waals surface area (Å²) >= 11 is 0. The number of aromatic nitrogens is 3. The molecule has 3 aromatic heterocycles. The summed E-state index contributed by atoms with van der Waals surface area (Å²) in [6.07, 6.45) is 5.93. The molecule has 1 amide bonds. The molecule has 0 saturated carbocycles. The number of nitrogen functional groups attached to an aromatic ring is 1. The highest BCUT2D eigenvalue weighted by atomic mass is 16.1. The minimum atomic E-state index is -0.203. The van der Waals surface area contributed by atoms with Crippen molar-refractivity contribution in [3.05, 3.63) is 114 Å². The highest BCUT2D eigenvalue weighted by Gasteiger charge is 2.27. The van der Waals surface area contributed by atoms with E-state index in [9.17, 15) is 4.79 Å². The van der Waals surface area contributed by atoms with Gasteiger partial charge in [0.25, 0.3) is 5.91 Å². The van der Waals surface area contributed by atoms with Crippen LogP contribution in [0.4, 0.5) is 11.5 Å². The lowest BCUT2D eigenvalue weighted by Gasteiger charge is -2.32. The fourth-order valence-electron chi connectivity index (χ4n) is 5.33. The maximum absolute atomic E-state index is 12.7. The van der Waals surface area contributed by atoms with Crippen molar-refractivity contribution >= 4 is 22.9 Å². The Bertz CT molecular complexity index is 1550. The van der Waals surface area contributed by atoms with Gasteiger partial charge in [0.2, 0.25) is 0 Å². The fraction of sp³-hybridized carbons (Fsp3) is 0.194. The lowest BCUT2D eigenvalue weighted by Crippen LogP contribution is -2.34. The molecule has 38 heavy (non-hydrogen) atoms. The summed E-state index contributed by atoms with van der Waals surface area (Å²) in [5.74, 6) is 1.66. The number of fused-ring (bicyclic) bond motifs is 1. The summed E-state index contributed by atoms with van der Waals surface area (Å²) in [5.41, 5.74) is 11.7. The van der Waals surface area contributed by atoms with E-state index in [1.54, 1.807) is 12.3 Å². The van der Waals surface area contributed by atoms with Gasteiger partial charge < -0.3 is 15.5 Å². The number of likely N-dealkylation sites (tertiary alicyclic amines) is 1. The van der Waals surface area contributed by atoms with Crippen molar-refractivity contribution in [2.24, 2.45) is 0 Å². The van der Waals surface area contributed by atoms with Crippen LogP contribution in [0.15, 0.2) is 97.3 Å². The molecule has 6 rings (SSSR count). The van der Waals surface area contributed by atoms with Crippen LogP contribution in [0.25, 0.3) is 16.8 Å². The van der Waals surface area contributed by atoms with Crippen molar-refractivity contribution in [2.45, 2.75) is 25.3 Å². The molecule has 0 bridgehead atoms. The summed E-state index contributed by atoms with van der Waals surface area (Å²) in [5, 5.41) is 2.83. The summed E-state index contributed by atoms with van der Waals surface area (Å²) in [4.78, 5) is 24.6. The number of rotatable bonds is 6. The first-order valence-electron chi connectivity index (χ1n) is 13.0. The van der Waals surface area contributed by atoms with Gasteiger partial charge >= 0.3 is 0 Å². The molecule has 2 aromatic carbocycles. The number of imidazole rings is 1. The molecule has 0 radical (unpaired) electrons. The van der Waals surface area contributed by atoms with Crippen LogP contribution in [0, 0.1) is 0 Å². The highest BCUT2D eigenvalue weighted by molar-refractivity contribution is 6.04. The number of carbonyl (C=O) groups excluding carboxylic acids is 1. The SMILES string of the molecule is Nc1cccn2c(C3CCCN(Cc4ccccc4)C3)nc(-c3ccc(C(=O)Nc4ccccn4)cc3)c12. The zero-order valence-electron chi connectivity index (χ0n) is 21.1. The van der Waals surface area contributed by atoms with E-state index in [4.69, 9.17) is 10.7 Å². The molecule has 3 N–H and O–H groups in total. The molecule has 1 atom stereocenters. The Labute approximate surface area is 222 Å². The first-order chi connectivity index (χ1) is 18.7. The molecule has 4 heterocycles. The Morgan fingerprint density at radius 1 is 0.974 bits per heavy atom. The number of anilines is 2. The predicted octanol–water partition coefficient (Wildman–Crippen LogP) is 5.61. The first-order valence-corrected chi connectivity index (χ1v) is 13.0. The van der Waals surface area contributed by atoms with Crippen LogP contribution >= 0.6 is 0 Å². The number of nitrogens with zero attached hydrogens (tertiary/aromatic N) is 4. The molecule has 1 saturated heterocycles. The number of hydrogen-bond acceptors (Lipinski definition) is 5. The number of nitrogens with one attached hydrogen (secondary N) is 1. The molecule has 5 aromatic rings. The third kappa shape index (κ3) is 4.88. The third-order valence-corrected chi connectivity index (χ3v) is 7.17. The van der Waals surface area contributed by atoms with Crippen LogP contribution in [0.5, 0.6) is 0 Å². The Morgan fingerprint density at radius 2 is 1.79 bits per heavy atom. The van der Waals surface area contributed by atoms with Crippen LogP contribution in [0.1, 0.15) is 40.5 Å². The van der Waals surface area contributed by atoms with E-state index in [1.165, 1.54) is 5.56 Å². The van der Waals surface area contributed by atoms with Crippen molar-refractivity contribution in [3.63, 3.8) is 0 Å². The Balaban J connectivity index is 1.28. The van der Waals surface area contributed by atoms with E-state index in [0.717, 1.165) is 55.1 Å². The number of amides is 1. The zero-order chi connectivity index (χ0) is 25.9. The van der Waals surface area contributed by atoms with Crippen LogP contribution in [0.2, 0.25) is 0 Å². The van der Waals surface area contributed by atoms with Gasteiger partial charge in [0, 0.05) is 42.5 Å². The van der Waals surface area contributed by atoms with E-state index in [2.05, 4.69) is 56.1 Å². The Morgan fingerprint density at radius 3 is 2.58 bits per heavy atom. The van der Waals surface area contributed by atoms with Crippen LogP contribution < -0.4 is 11.1 Å². The molecule has 1 aliphatic heterocycles. The van der Waals surface area contributed by atoms with Gasteiger partial charge in [-0.05, 0) is 61.3 Å². The second-order valence-corrected chi connectivity index (χ2v) is 9.81. The second-order valence-electron chi connectivity index (χ2n) is 9.81. The third-order valence-electron chi connectivity index (χ3n) is 7.17. The van der Waals surface area contributed by atoms with Crippen molar-refractivity contribution in [1.29, 1.82) is 0 Å². The molecule has 190 valence electrons. The number of benzene rings is 2. The smallest absolute Gasteiger partial charge is 0.256 e. The standard InChI is InChI=1S/C31H30N6O/c32-26-11-7-19-37-29(26)28(23-13-15-24(16-14-23)31(38)34-27-12-4-5-17-33-27)35-30(37)25-10-6-18-36(21-25)20-22-8-2-1-3-9-22/h1-5,7-9,11-17,19,25H,6,10,18,20-21,32H2,(H,33,34,38). The lowest BCUT2D eigenvalue weighted by molar-refractivity contribution is 0.102. The van der Waals surface area contributed by atoms with Gasteiger partial charge in [-0.3, -0.25) is 9.69 Å². The molecule has 7 nitrogen and oxygen atoms in total. The van der Waals surface area contributed by atoms with Gasteiger partial charge in [0.05, 0.1) is 16.9 Å². The van der Waals surface area contributed by atoms with Crippen molar-refractivity contribution in [3.8, 4) is 11.3 Å². The number of nitrogens with two attached hydrogens (primary N) is 1. The van der Waals surface area contributed by atoms with Gasteiger partial charge in [0.15, 0.2) is 0 Å². The van der Waals surface area contributed by atoms with Crippen LogP contribution in [-0.2, 0) is 6.54 Å². The van der Waals surface area contributed by atoms with Crippen molar-refractivity contribution in [1.82, 2.24) is 19.3 Å². The Hall–Kier alpha value is -4.49. The monoisotopic (exact) mass is 502 g/mol.